The average Bonchev–Trinajstić information content (AvgIpc) is 3.20. The van der Waals surface area contributed by atoms with E-state index >= 15 is 0 Å². The first kappa shape index (κ1) is 14.3. The van der Waals surface area contributed by atoms with Crippen LogP contribution in [0.25, 0.3) is 0 Å². The molecule has 6 heteroatoms. The first-order chi connectivity index (χ1) is 10.2. The predicted molar refractivity (Wildman–Crippen MR) is 77.1 cm³/mol. The number of nitrogens with one attached hydrogen (secondary N) is 1. The van der Waals surface area contributed by atoms with Gasteiger partial charge in [0, 0.05) is 24.9 Å². The van der Waals surface area contributed by atoms with Crippen LogP contribution in [0.5, 0.6) is 0 Å². The van der Waals surface area contributed by atoms with Crippen molar-refractivity contribution in [3.05, 3.63) is 29.8 Å². The number of carbonyl (C=O) groups excluding carboxylic acids is 1. The highest BCUT2D eigenvalue weighted by Crippen LogP contribution is 2.25. The summed E-state index contributed by atoms with van der Waals surface area (Å²) in [6, 6.07) is 7.57. The van der Waals surface area contributed by atoms with Crippen LogP contribution >= 0.6 is 0 Å². The number of ether oxygens (including phenoxy) is 3. The van der Waals surface area contributed by atoms with Crippen LogP contribution in [0, 0.1) is 0 Å². The topological polar surface area (TPSA) is 60.0 Å². The van der Waals surface area contributed by atoms with Crippen molar-refractivity contribution in [3.8, 4) is 0 Å². The summed E-state index contributed by atoms with van der Waals surface area (Å²) in [5, 5.41) is 2.90. The van der Waals surface area contributed by atoms with E-state index in [0.29, 0.717) is 26.4 Å². The van der Waals surface area contributed by atoms with Gasteiger partial charge in [0.05, 0.1) is 25.9 Å². The van der Waals surface area contributed by atoms with Crippen molar-refractivity contribution in [2.45, 2.75) is 18.8 Å². The average molecular weight is 292 g/mol. The molecule has 0 saturated carbocycles. The smallest absolute Gasteiger partial charge is 0.321 e. The van der Waals surface area contributed by atoms with Crippen LogP contribution in [0.2, 0.25) is 0 Å². The standard InChI is InChI=1S/C15H20N2O4/c1-17(13-5-6-19-10-13)15(18)16-12-4-2-3-11(9-12)14-20-7-8-21-14/h2-4,9,13-14H,5-8,10H2,1H3,(H,16,18). The van der Waals surface area contributed by atoms with Gasteiger partial charge in [0.15, 0.2) is 6.29 Å². The molecular formula is C15H20N2O4. The number of amides is 2. The Bertz CT molecular complexity index is 496. The summed E-state index contributed by atoms with van der Waals surface area (Å²) in [6.07, 6.45) is 0.552. The minimum absolute atomic E-state index is 0.129. The normalized spacial score (nSPS) is 22.4. The first-order valence-electron chi connectivity index (χ1n) is 7.19. The molecule has 0 spiro atoms. The summed E-state index contributed by atoms with van der Waals surface area (Å²) >= 11 is 0. The maximum absolute atomic E-state index is 12.2. The maximum Gasteiger partial charge on any atom is 0.321 e. The third-order valence-corrected chi connectivity index (χ3v) is 3.81. The summed E-state index contributed by atoms with van der Waals surface area (Å²) in [5.41, 5.74) is 1.65. The zero-order chi connectivity index (χ0) is 14.7. The fourth-order valence-corrected chi connectivity index (χ4v) is 2.52. The van der Waals surface area contributed by atoms with E-state index in [1.54, 1.807) is 11.9 Å². The Hall–Kier alpha value is -1.63. The number of likely N-dealkylation sites (N-methyl/N-ethyl adjacent to an activating group) is 1. The van der Waals surface area contributed by atoms with Gasteiger partial charge in [-0.1, -0.05) is 12.1 Å². The summed E-state index contributed by atoms with van der Waals surface area (Å²) < 4.78 is 16.2. The van der Waals surface area contributed by atoms with Gasteiger partial charge in [-0.2, -0.15) is 0 Å². The van der Waals surface area contributed by atoms with Gasteiger partial charge in [0.1, 0.15) is 0 Å². The summed E-state index contributed by atoms with van der Waals surface area (Å²) in [6.45, 7) is 2.53. The molecule has 21 heavy (non-hydrogen) atoms. The number of anilines is 1. The molecule has 2 saturated heterocycles. The fraction of sp³-hybridized carbons (Fsp3) is 0.533. The van der Waals surface area contributed by atoms with E-state index in [1.165, 1.54) is 0 Å². The molecule has 1 aromatic rings. The Kier molecular flexibility index (Phi) is 4.38. The summed E-state index contributed by atoms with van der Waals surface area (Å²) in [5.74, 6) is 0. The molecule has 2 aliphatic heterocycles. The predicted octanol–water partition coefficient (Wildman–Crippen LogP) is 1.98. The minimum Gasteiger partial charge on any atom is -0.379 e. The third kappa shape index (κ3) is 3.34. The highest BCUT2D eigenvalue weighted by molar-refractivity contribution is 5.89. The van der Waals surface area contributed by atoms with Crippen molar-refractivity contribution >= 4 is 11.7 Å². The van der Waals surface area contributed by atoms with Gasteiger partial charge in [-0.3, -0.25) is 0 Å². The molecule has 114 valence electrons. The van der Waals surface area contributed by atoms with E-state index in [4.69, 9.17) is 14.2 Å². The molecule has 0 radical (unpaired) electrons. The Labute approximate surface area is 124 Å². The van der Waals surface area contributed by atoms with Gasteiger partial charge < -0.3 is 24.4 Å². The molecule has 2 fully saturated rings. The minimum atomic E-state index is -0.331. The first-order valence-corrected chi connectivity index (χ1v) is 7.19. The van der Waals surface area contributed by atoms with Gasteiger partial charge in [-0.15, -0.1) is 0 Å². The van der Waals surface area contributed by atoms with Crippen LogP contribution in [0.4, 0.5) is 10.5 Å². The van der Waals surface area contributed by atoms with Crippen molar-refractivity contribution in [1.29, 1.82) is 0 Å². The molecule has 0 aromatic heterocycles. The van der Waals surface area contributed by atoms with Gasteiger partial charge >= 0.3 is 6.03 Å². The molecule has 1 aromatic carbocycles. The van der Waals surface area contributed by atoms with Gasteiger partial charge in [0.25, 0.3) is 0 Å². The molecular weight excluding hydrogens is 272 g/mol. The molecule has 0 aliphatic carbocycles. The second-order valence-electron chi connectivity index (χ2n) is 5.26. The van der Waals surface area contributed by atoms with Crippen LogP contribution in [-0.2, 0) is 14.2 Å². The monoisotopic (exact) mass is 292 g/mol. The highest BCUT2D eigenvalue weighted by Gasteiger charge is 2.24. The summed E-state index contributed by atoms with van der Waals surface area (Å²) in [4.78, 5) is 13.9. The quantitative estimate of drug-likeness (QED) is 0.925. The Balaban J connectivity index is 1.63. The van der Waals surface area contributed by atoms with E-state index in [0.717, 1.165) is 17.7 Å². The van der Waals surface area contributed by atoms with Crippen LogP contribution in [0.1, 0.15) is 18.3 Å². The van der Waals surface area contributed by atoms with Gasteiger partial charge in [-0.05, 0) is 18.6 Å². The molecule has 1 N–H and O–H groups in total. The lowest BCUT2D eigenvalue weighted by atomic mass is 10.2. The van der Waals surface area contributed by atoms with Crippen LogP contribution in [0.3, 0.4) is 0 Å². The number of hydrogen-bond donors (Lipinski definition) is 1. The molecule has 6 nitrogen and oxygen atoms in total. The number of nitrogens with zero attached hydrogens (tertiary/aromatic N) is 1. The SMILES string of the molecule is CN(C(=O)Nc1cccc(C2OCCO2)c1)C1CCOC1. The van der Waals surface area contributed by atoms with E-state index in [1.807, 2.05) is 24.3 Å². The van der Waals surface area contributed by atoms with Crippen molar-refractivity contribution < 1.29 is 19.0 Å². The number of rotatable bonds is 3. The fourth-order valence-electron chi connectivity index (χ4n) is 2.52. The molecule has 1 unspecified atom stereocenters. The zero-order valence-electron chi connectivity index (χ0n) is 12.1. The number of urea groups is 1. The largest absolute Gasteiger partial charge is 0.379 e. The molecule has 0 bridgehead atoms. The Morgan fingerprint density at radius 1 is 1.29 bits per heavy atom. The number of carbonyl (C=O) groups is 1. The van der Waals surface area contributed by atoms with Gasteiger partial charge in [-0.25, -0.2) is 4.79 Å². The van der Waals surface area contributed by atoms with E-state index in [-0.39, 0.29) is 18.4 Å². The lowest BCUT2D eigenvalue weighted by Gasteiger charge is -2.23. The highest BCUT2D eigenvalue weighted by atomic mass is 16.7. The van der Waals surface area contributed by atoms with Crippen molar-refractivity contribution in [2.75, 3.05) is 38.8 Å². The van der Waals surface area contributed by atoms with Crippen LogP contribution in [-0.4, -0.2) is 50.4 Å². The molecule has 3 rings (SSSR count). The number of hydrogen-bond acceptors (Lipinski definition) is 4. The van der Waals surface area contributed by atoms with Crippen LogP contribution in [0.15, 0.2) is 24.3 Å². The van der Waals surface area contributed by atoms with E-state index in [2.05, 4.69) is 5.32 Å². The van der Waals surface area contributed by atoms with Crippen molar-refractivity contribution in [2.24, 2.45) is 0 Å². The molecule has 2 amide bonds. The van der Waals surface area contributed by atoms with Crippen LogP contribution < -0.4 is 5.32 Å². The molecule has 2 aliphatic rings. The van der Waals surface area contributed by atoms with E-state index < -0.39 is 0 Å². The number of benzene rings is 1. The van der Waals surface area contributed by atoms with Gasteiger partial charge in [0.2, 0.25) is 0 Å². The Morgan fingerprint density at radius 2 is 2.10 bits per heavy atom. The van der Waals surface area contributed by atoms with Crippen molar-refractivity contribution in [3.63, 3.8) is 0 Å². The van der Waals surface area contributed by atoms with Crippen molar-refractivity contribution in [1.82, 2.24) is 4.90 Å². The molecule has 2 heterocycles. The molecule has 1 atom stereocenters. The second kappa shape index (κ2) is 6.43. The zero-order valence-corrected chi connectivity index (χ0v) is 12.1. The summed E-state index contributed by atoms with van der Waals surface area (Å²) in [7, 11) is 1.79. The van der Waals surface area contributed by atoms with E-state index in [9.17, 15) is 4.79 Å². The lowest BCUT2D eigenvalue weighted by Crippen LogP contribution is -2.40. The maximum atomic E-state index is 12.2. The lowest BCUT2D eigenvalue weighted by molar-refractivity contribution is -0.0440. The second-order valence-corrected chi connectivity index (χ2v) is 5.26. The Morgan fingerprint density at radius 3 is 2.81 bits per heavy atom. The third-order valence-electron chi connectivity index (χ3n) is 3.81.